The molecule has 0 spiro atoms. The zero-order chi connectivity index (χ0) is 22.4. The minimum Gasteiger partial charge on any atom is -0.443 e. The summed E-state index contributed by atoms with van der Waals surface area (Å²) in [5, 5.41) is 2.88. The van der Waals surface area contributed by atoms with E-state index in [-0.39, 0.29) is 18.1 Å². The number of carbonyl (C=O) groups excluding carboxylic acids is 2. The van der Waals surface area contributed by atoms with E-state index in [1.165, 1.54) is 24.3 Å². The van der Waals surface area contributed by atoms with Crippen molar-refractivity contribution < 1.29 is 23.5 Å². The predicted molar refractivity (Wildman–Crippen MR) is 115 cm³/mol. The first kappa shape index (κ1) is 22.7. The Morgan fingerprint density at radius 3 is 2.65 bits per heavy atom. The third-order valence-electron chi connectivity index (χ3n) is 5.25. The maximum absolute atomic E-state index is 13.1. The average Bonchev–Trinajstić information content (AvgIpc) is 2.78. The lowest BCUT2D eigenvalue weighted by atomic mass is 10.1. The molecule has 31 heavy (non-hydrogen) atoms. The third-order valence-corrected chi connectivity index (χ3v) is 5.25. The van der Waals surface area contributed by atoms with Gasteiger partial charge in [0.05, 0.1) is 29.7 Å². The van der Waals surface area contributed by atoms with Crippen molar-refractivity contribution in [3.8, 4) is 0 Å². The largest absolute Gasteiger partial charge is 0.443 e. The number of ether oxygens (including phenoxy) is 2. The van der Waals surface area contributed by atoms with Gasteiger partial charge in [0.1, 0.15) is 11.9 Å². The second kappa shape index (κ2) is 10.3. The normalized spacial score (nSPS) is 15.0. The molecule has 0 aliphatic carbocycles. The Morgan fingerprint density at radius 1 is 1.23 bits per heavy atom. The van der Waals surface area contributed by atoms with Crippen LogP contribution in [0.15, 0.2) is 36.4 Å². The molecule has 2 aromatic rings. The number of anilines is 1. The Balaban J connectivity index is 1.71. The van der Waals surface area contributed by atoms with Crippen LogP contribution in [0.1, 0.15) is 54.5 Å². The lowest BCUT2D eigenvalue weighted by Gasteiger charge is -2.30. The number of aryl methyl sites for hydroxylation is 1. The van der Waals surface area contributed by atoms with Crippen molar-refractivity contribution in [1.29, 1.82) is 0 Å². The van der Waals surface area contributed by atoms with Crippen molar-refractivity contribution in [1.82, 2.24) is 10.3 Å². The van der Waals surface area contributed by atoms with Gasteiger partial charge in [0.2, 0.25) is 0 Å². The molecule has 7 nitrogen and oxygen atoms in total. The number of pyridine rings is 1. The van der Waals surface area contributed by atoms with Crippen LogP contribution in [0.4, 0.5) is 14.9 Å². The number of fused-ring (bicyclic) bond motifs is 1. The maximum atomic E-state index is 13.1. The summed E-state index contributed by atoms with van der Waals surface area (Å²) >= 11 is 0. The summed E-state index contributed by atoms with van der Waals surface area (Å²) in [4.78, 5) is 31.4. The fourth-order valence-corrected chi connectivity index (χ4v) is 3.48. The first-order chi connectivity index (χ1) is 14.9. The summed E-state index contributed by atoms with van der Waals surface area (Å²) in [7, 11) is 1.58. The van der Waals surface area contributed by atoms with E-state index >= 15 is 0 Å². The van der Waals surface area contributed by atoms with Gasteiger partial charge in [-0.3, -0.25) is 14.7 Å². The molecule has 1 aromatic heterocycles. The van der Waals surface area contributed by atoms with E-state index in [0.29, 0.717) is 30.8 Å². The number of nitrogens with one attached hydrogen (secondary N) is 1. The molecule has 3 rings (SSSR count). The highest BCUT2D eigenvalue weighted by molar-refractivity contribution is 5.94. The van der Waals surface area contributed by atoms with E-state index in [1.807, 2.05) is 19.9 Å². The van der Waals surface area contributed by atoms with Crippen LogP contribution in [0.5, 0.6) is 0 Å². The Kier molecular flexibility index (Phi) is 7.57. The Bertz CT molecular complexity index is 920. The van der Waals surface area contributed by atoms with Gasteiger partial charge in [0.15, 0.2) is 0 Å². The van der Waals surface area contributed by atoms with Gasteiger partial charge in [-0.15, -0.1) is 0 Å². The molecule has 1 aromatic carbocycles. The van der Waals surface area contributed by atoms with E-state index in [4.69, 9.17) is 14.5 Å². The quantitative estimate of drug-likeness (QED) is 0.719. The lowest BCUT2D eigenvalue weighted by molar-refractivity contribution is 0.0407. The number of methoxy groups -OCH3 is 1. The van der Waals surface area contributed by atoms with Crippen LogP contribution in [0.25, 0.3) is 0 Å². The summed E-state index contributed by atoms with van der Waals surface area (Å²) in [6, 6.07) is 8.67. The van der Waals surface area contributed by atoms with Crippen LogP contribution in [0.2, 0.25) is 0 Å². The Hall–Kier alpha value is -3.00. The minimum atomic E-state index is -0.405. The van der Waals surface area contributed by atoms with Gasteiger partial charge in [-0.05, 0) is 62.6 Å². The molecule has 1 aliphatic rings. The zero-order valence-electron chi connectivity index (χ0n) is 18.1. The number of nitrogens with zero attached hydrogens (tertiary/aromatic N) is 2. The number of aromatic nitrogens is 1. The van der Waals surface area contributed by atoms with Gasteiger partial charge in [0.25, 0.3) is 5.91 Å². The fourth-order valence-electron chi connectivity index (χ4n) is 3.48. The summed E-state index contributed by atoms with van der Waals surface area (Å²) in [5.41, 5.74) is 2.59. The number of halogens is 1. The number of carbonyl (C=O) groups is 2. The fraction of sp³-hybridized carbons (Fsp3) is 0.435. The molecule has 166 valence electrons. The van der Waals surface area contributed by atoms with Gasteiger partial charge in [-0.1, -0.05) is 6.92 Å². The van der Waals surface area contributed by atoms with Crippen molar-refractivity contribution in [2.45, 2.75) is 45.3 Å². The monoisotopic (exact) mass is 429 g/mol. The van der Waals surface area contributed by atoms with E-state index in [0.717, 1.165) is 24.2 Å². The molecule has 2 unspecified atom stereocenters. The van der Waals surface area contributed by atoms with Gasteiger partial charge >= 0.3 is 6.09 Å². The second-order valence-corrected chi connectivity index (χ2v) is 7.53. The SMILES string of the molecule is CCC(COC)OC(=O)N1CCCc2nc(C(C)NC(=O)c3ccc(F)cc3)ccc21. The molecular formula is C23H28FN3O4. The molecule has 1 aliphatic heterocycles. The number of hydrogen-bond donors (Lipinski definition) is 1. The minimum absolute atomic E-state index is 0.295. The van der Waals surface area contributed by atoms with Crippen molar-refractivity contribution in [2.24, 2.45) is 0 Å². The van der Waals surface area contributed by atoms with Crippen molar-refractivity contribution in [3.05, 3.63) is 59.2 Å². The third kappa shape index (κ3) is 5.58. The second-order valence-electron chi connectivity index (χ2n) is 7.53. The van der Waals surface area contributed by atoms with Gasteiger partial charge in [-0.2, -0.15) is 0 Å². The highest BCUT2D eigenvalue weighted by Gasteiger charge is 2.27. The molecule has 2 amide bonds. The van der Waals surface area contributed by atoms with E-state index in [2.05, 4.69) is 5.32 Å². The Morgan fingerprint density at radius 2 is 1.97 bits per heavy atom. The van der Waals surface area contributed by atoms with Gasteiger partial charge < -0.3 is 14.8 Å². The highest BCUT2D eigenvalue weighted by atomic mass is 19.1. The molecule has 2 heterocycles. The molecular weight excluding hydrogens is 401 g/mol. The van der Waals surface area contributed by atoms with Crippen LogP contribution in [-0.2, 0) is 15.9 Å². The number of amides is 2. The molecule has 8 heteroatoms. The summed E-state index contributed by atoms with van der Waals surface area (Å²) in [6.45, 7) is 4.69. The van der Waals surface area contributed by atoms with Gasteiger partial charge in [-0.25, -0.2) is 9.18 Å². The predicted octanol–water partition coefficient (Wildman–Crippen LogP) is 4.03. The molecule has 2 atom stereocenters. The first-order valence-electron chi connectivity index (χ1n) is 10.5. The van der Waals surface area contributed by atoms with E-state index < -0.39 is 11.9 Å². The van der Waals surface area contributed by atoms with Crippen molar-refractivity contribution in [2.75, 3.05) is 25.2 Å². The number of benzene rings is 1. The van der Waals surface area contributed by atoms with Gasteiger partial charge in [0, 0.05) is 19.2 Å². The topological polar surface area (TPSA) is 80.8 Å². The van der Waals surface area contributed by atoms with Crippen molar-refractivity contribution >= 4 is 17.7 Å². The van der Waals surface area contributed by atoms with Crippen molar-refractivity contribution in [3.63, 3.8) is 0 Å². The average molecular weight is 429 g/mol. The molecule has 0 fully saturated rings. The summed E-state index contributed by atoms with van der Waals surface area (Å²) in [6.07, 6.45) is 1.48. The van der Waals surface area contributed by atoms with Crippen LogP contribution < -0.4 is 10.2 Å². The van der Waals surface area contributed by atoms with Crippen LogP contribution >= 0.6 is 0 Å². The lowest BCUT2D eigenvalue weighted by Crippen LogP contribution is -2.39. The summed E-state index contributed by atoms with van der Waals surface area (Å²) in [5.74, 6) is -0.697. The zero-order valence-corrected chi connectivity index (χ0v) is 18.1. The molecule has 0 radical (unpaired) electrons. The van der Waals surface area contributed by atoms with Crippen LogP contribution in [0, 0.1) is 5.82 Å². The first-order valence-corrected chi connectivity index (χ1v) is 10.5. The molecule has 0 bridgehead atoms. The number of hydrogen-bond acceptors (Lipinski definition) is 5. The smallest absolute Gasteiger partial charge is 0.414 e. The summed E-state index contributed by atoms with van der Waals surface area (Å²) < 4.78 is 23.7. The number of rotatable bonds is 7. The Labute approximate surface area is 181 Å². The van der Waals surface area contributed by atoms with E-state index in [1.54, 1.807) is 18.1 Å². The molecule has 0 saturated heterocycles. The van der Waals surface area contributed by atoms with Crippen LogP contribution in [-0.4, -0.2) is 43.3 Å². The van der Waals surface area contributed by atoms with E-state index in [9.17, 15) is 14.0 Å². The molecule has 1 N–H and O–H groups in total. The maximum Gasteiger partial charge on any atom is 0.414 e. The molecule has 0 saturated carbocycles. The van der Waals surface area contributed by atoms with Crippen LogP contribution in [0.3, 0.4) is 0 Å². The standard InChI is InChI=1S/C23H28FN3O4/c1-4-18(14-30-3)31-23(29)27-13-5-6-20-21(27)12-11-19(26-20)15(2)25-22(28)16-7-9-17(24)10-8-16/h7-12,15,18H,4-6,13-14H2,1-3H3,(H,25,28). The highest BCUT2D eigenvalue weighted by Crippen LogP contribution is 2.28.